The van der Waals surface area contributed by atoms with Crippen LogP contribution in [-0.4, -0.2) is 38.3 Å². The van der Waals surface area contributed by atoms with Crippen LogP contribution in [0.2, 0.25) is 5.02 Å². The molecule has 10 heteroatoms. The summed E-state index contributed by atoms with van der Waals surface area (Å²) in [6.45, 7) is 2.10. The molecule has 2 amide bonds. The average Bonchev–Trinajstić information content (AvgIpc) is 3.27. The number of aryl methyl sites for hydroxylation is 2. The number of nitrogens with zero attached hydrogens (tertiary/aromatic N) is 5. The number of rotatable bonds is 3. The van der Waals surface area contributed by atoms with Gasteiger partial charge in [-0.1, -0.05) is 29.0 Å². The minimum atomic E-state index is -0.480. The Labute approximate surface area is 157 Å². The minimum absolute atomic E-state index is 0.128. The Bertz CT molecular complexity index is 1030. The topological polar surface area (TPSA) is 93.0 Å². The fourth-order valence-electron chi connectivity index (χ4n) is 3.04. The van der Waals surface area contributed by atoms with E-state index in [2.05, 4.69) is 20.6 Å². The highest BCUT2D eigenvalue weighted by atomic mass is 35.5. The fourth-order valence-corrected chi connectivity index (χ4v) is 4.01. The molecule has 1 unspecified atom stereocenters. The van der Waals surface area contributed by atoms with Gasteiger partial charge in [0.1, 0.15) is 5.01 Å². The normalized spacial score (nSPS) is 17.3. The zero-order valence-corrected chi connectivity index (χ0v) is 15.6. The van der Waals surface area contributed by atoms with E-state index in [0.717, 1.165) is 10.5 Å². The molecule has 3 heterocycles. The van der Waals surface area contributed by atoms with Gasteiger partial charge in [-0.25, -0.2) is 0 Å². The van der Waals surface area contributed by atoms with E-state index in [4.69, 9.17) is 11.6 Å². The third kappa shape index (κ3) is 2.82. The summed E-state index contributed by atoms with van der Waals surface area (Å²) in [5.74, 6) is -0.478. The summed E-state index contributed by atoms with van der Waals surface area (Å²) in [5, 5.41) is 17.6. The van der Waals surface area contributed by atoms with Crippen LogP contribution in [0.5, 0.6) is 0 Å². The van der Waals surface area contributed by atoms with Crippen molar-refractivity contribution in [1.82, 2.24) is 20.0 Å². The van der Waals surface area contributed by atoms with Crippen molar-refractivity contribution >= 4 is 56.6 Å². The molecule has 0 aliphatic carbocycles. The van der Waals surface area contributed by atoms with Crippen LogP contribution in [0.15, 0.2) is 18.2 Å². The lowest BCUT2D eigenvalue weighted by Gasteiger charge is -2.12. The molecule has 2 aromatic heterocycles. The van der Waals surface area contributed by atoms with Crippen molar-refractivity contribution in [1.29, 1.82) is 0 Å². The van der Waals surface area contributed by atoms with Crippen LogP contribution >= 0.6 is 22.9 Å². The lowest BCUT2D eigenvalue weighted by Crippen LogP contribution is -2.28. The van der Waals surface area contributed by atoms with E-state index in [1.165, 1.54) is 16.2 Å². The molecule has 1 fully saturated rings. The second-order valence-corrected chi connectivity index (χ2v) is 7.67. The largest absolute Gasteiger partial charge is 0.308 e. The van der Waals surface area contributed by atoms with Gasteiger partial charge in [0, 0.05) is 20.0 Å². The molecule has 4 rings (SSSR count). The lowest BCUT2D eigenvalue weighted by atomic mass is 10.1. The summed E-state index contributed by atoms with van der Waals surface area (Å²) in [6.07, 6.45) is 0.128. The van der Waals surface area contributed by atoms with Gasteiger partial charge >= 0.3 is 0 Å². The Morgan fingerprint density at radius 2 is 2.19 bits per heavy atom. The van der Waals surface area contributed by atoms with Crippen LogP contribution in [0, 0.1) is 12.8 Å². The third-order valence-electron chi connectivity index (χ3n) is 4.31. The van der Waals surface area contributed by atoms with Gasteiger partial charge in [0.15, 0.2) is 5.82 Å². The SMILES string of the molecule is Cc1nnc(N2CC(C(=O)Nc3nn(C)c4cccc(Cl)c34)CC2=O)s1. The number of benzene rings is 1. The number of aromatic nitrogens is 4. The molecule has 3 aromatic rings. The third-order valence-corrected chi connectivity index (χ3v) is 5.49. The van der Waals surface area contributed by atoms with Gasteiger partial charge in [-0.05, 0) is 19.1 Å². The van der Waals surface area contributed by atoms with Gasteiger partial charge in [0.05, 0.1) is 21.8 Å². The number of carbonyl (C=O) groups is 2. The van der Waals surface area contributed by atoms with E-state index in [9.17, 15) is 9.59 Å². The zero-order valence-electron chi connectivity index (χ0n) is 14.1. The average molecular weight is 391 g/mol. The summed E-state index contributed by atoms with van der Waals surface area (Å²) in [6, 6.07) is 5.46. The smallest absolute Gasteiger partial charge is 0.231 e. The Morgan fingerprint density at radius 3 is 2.92 bits per heavy atom. The molecule has 1 N–H and O–H groups in total. The molecule has 1 saturated heterocycles. The number of carbonyl (C=O) groups excluding carboxylic acids is 2. The highest BCUT2D eigenvalue weighted by molar-refractivity contribution is 7.15. The molecule has 134 valence electrons. The summed E-state index contributed by atoms with van der Waals surface area (Å²) in [5.41, 5.74) is 0.821. The molecule has 0 saturated carbocycles. The predicted octanol–water partition coefficient (Wildman–Crippen LogP) is 2.38. The van der Waals surface area contributed by atoms with Crippen molar-refractivity contribution in [2.24, 2.45) is 13.0 Å². The molecular formula is C16H15ClN6O2S. The first-order chi connectivity index (χ1) is 12.4. The van der Waals surface area contributed by atoms with E-state index in [-0.39, 0.29) is 24.8 Å². The van der Waals surface area contributed by atoms with E-state index >= 15 is 0 Å². The maximum absolute atomic E-state index is 12.7. The number of halogens is 1. The highest BCUT2D eigenvalue weighted by Gasteiger charge is 2.37. The zero-order chi connectivity index (χ0) is 18.4. The summed E-state index contributed by atoms with van der Waals surface area (Å²) in [4.78, 5) is 26.5. The number of hydrogen-bond acceptors (Lipinski definition) is 6. The molecule has 0 radical (unpaired) electrons. The van der Waals surface area contributed by atoms with Crippen molar-refractivity contribution in [3.63, 3.8) is 0 Å². The van der Waals surface area contributed by atoms with Gasteiger partial charge in [0.2, 0.25) is 16.9 Å². The molecule has 0 bridgehead atoms. The molecule has 26 heavy (non-hydrogen) atoms. The van der Waals surface area contributed by atoms with Crippen molar-refractivity contribution in [2.45, 2.75) is 13.3 Å². The van der Waals surface area contributed by atoms with Gasteiger partial charge in [-0.2, -0.15) is 5.10 Å². The number of hydrogen-bond donors (Lipinski definition) is 1. The van der Waals surface area contributed by atoms with E-state index in [1.54, 1.807) is 17.8 Å². The van der Waals surface area contributed by atoms with Gasteiger partial charge in [-0.15, -0.1) is 10.2 Å². The van der Waals surface area contributed by atoms with Crippen molar-refractivity contribution in [3.8, 4) is 0 Å². The Hall–Kier alpha value is -2.52. The number of nitrogens with one attached hydrogen (secondary N) is 1. The van der Waals surface area contributed by atoms with E-state index < -0.39 is 5.92 Å². The second-order valence-electron chi connectivity index (χ2n) is 6.10. The van der Waals surface area contributed by atoms with Crippen LogP contribution < -0.4 is 10.2 Å². The van der Waals surface area contributed by atoms with E-state index in [0.29, 0.717) is 21.4 Å². The van der Waals surface area contributed by atoms with Crippen LogP contribution in [0.3, 0.4) is 0 Å². The molecule has 1 aromatic carbocycles. The summed E-state index contributed by atoms with van der Waals surface area (Å²) >= 11 is 7.60. The maximum atomic E-state index is 12.7. The Balaban J connectivity index is 1.55. The molecule has 0 spiro atoms. The summed E-state index contributed by atoms with van der Waals surface area (Å²) in [7, 11) is 1.78. The monoisotopic (exact) mass is 390 g/mol. The maximum Gasteiger partial charge on any atom is 0.231 e. The standard InChI is InChI=1S/C16H15ClN6O2S/c1-8-19-20-16(26-8)23-7-9(6-12(23)24)15(25)18-14-13-10(17)4-3-5-11(13)22(2)21-14/h3-5,9H,6-7H2,1-2H3,(H,18,21,25). The molecule has 1 aliphatic rings. The quantitative estimate of drug-likeness (QED) is 0.741. The van der Waals surface area contributed by atoms with Crippen LogP contribution in [0.4, 0.5) is 10.9 Å². The van der Waals surface area contributed by atoms with Gasteiger partial charge < -0.3 is 5.32 Å². The first-order valence-corrected chi connectivity index (χ1v) is 9.16. The minimum Gasteiger partial charge on any atom is -0.308 e. The molecule has 8 nitrogen and oxygen atoms in total. The number of anilines is 2. The van der Waals surface area contributed by atoms with Gasteiger partial charge in [-0.3, -0.25) is 19.2 Å². The number of amides is 2. The first-order valence-electron chi connectivity index (χ1n) is 7.96. The number of fused-ring (bicyclic) bond motifs is 1. The predicted molar refractivity (Wildman–Crippen MR) is 99.5 cm³/mol. The fraction of sp³-hybridized carbons (Fsp3) is 0.312. The lowest BCUT2D eigenvalue weighted by molar-refractivity contribution is -0.122. The highest BCUT2D eigenvalue weighted by Crippen LogP contribution is 2.31. The van der Waals surface area contributed by atoms with Crippen molar-refractivity contribution in [2.75, 3.05) is 16.8 Å². The first kappa shape index (κ1) is 16.9. The molecular weight excluding hydrogens is 376 g/mol. The van der Waals surface area contributed by atoms with Gasteiger partial charge in [0.25, 0.3) is 0 Å². The van der Waals surface area contributed by atoms with E-state index in [1.807, 2.05) is 19.1 Å². The second kappa shape index (κ2) is 6.33. The van der Waals surface area contributed by atoms with Crippen LogP contribution in [0.1, 0.15) is 11.4 Å². The van der Waals surface area contributed by atoms with Crippen LogP contribution in [-0.2, 0) is 16.6 Å². The summed E-state index contributed by atoms with van der Waals surface area (Å²) < 4.78 is 1.66. The van der Waals surface area contributed by atoms with Crippen LogP contribution in [0.25, 0.3) is 10.9 Å². The van der Waals surface area contributed by atoms with Crippen molar-refractivity contribution in [3.05, 3.63) is 28.2 Å². The Kier molecular flexibility index (Phi) is 4.12. The Morgan fingerprint density at radius 1 is 1.38 bits per heavy atom. The van der Waals surface area contributed by atoms with Crippen molar-refractivity contribution < 1.29 is 9.59 Å². The molecule has 1 atom stereocenters. The molecule has 1 aliphatic heterocycles.